The van der Waals surface area contributed by atoms with Crippen molar-refractivity contribution in [1.29, 1.82) is 0 Å². The highest BCUT2D eigenvalue weighted by Crippen LogP contribution is 2.29. The Morgan fingerprint density at radius 1 is 1.00 bits per heavy atom. The number of anilines is 5. The van der Waals surface area contributed by atoms with E-state index in [2.05, 4.69) is 25.9 Å². The van der Waals surface area contributed by atoms with Crippen molar-refractivity contribution in [3.05, 3.63) is 89.3 Å². The maximum atomic E-state index is 14.3. The summed E-state index contributed by atoms with van der Waals surface area (Å²) in [4.78, 5) is 21.7. The first-order valence-corrected chi connectivity index (χ1v) is 13.0. The maximum absolute atomic E-state index is 14.3. The van der Waals surface area contributed by atoms with Gasteiger partial charge in [-0.05, 0) is 48.5 Å². The van der Waals surface area contributed by atoms with Crippen LogP contribution in [0.4, 0.5) is 33.2 Å². The number of carbonyl (C=O) groups excluding carboxylic acids is 1. The highest BCUT2D eigenvalue weighted by Gasteiger charge is 2.21. The van der Waals surface area contributed by atoms with E-state index in [1.54, 1.807) is 43.5 Å². The van der Waals surface area contributed by atoms with Crippen LogP contribution in [0, 0.1) is 5.82 Å². The van der Waals surface area contributed by atoms with Crippen LogP contribution in [0.3, 0.4) is 0 Å². The Bertz CT molecular complexity index is 1550. The first-order valence-electron chi connectivity index (χ1n) is 10.8. The standard InChI is InChI=1S/C25H21ClFN5O4S/c1-36-16-12-10-15(11-13-16)29-25-28-14-17(24(33)31-22-18(26)6-5-7-19(22)27)23(32-25)30-20-8-3-4-9-21(20)37(2,34)35/h3-14H,1-2H3,(H,31,33)(H2,28,29,30,32). The molecule has 0 saturated heterocycles. The summed E-state index contributed by atoms with van der Waals surface area (Å²) in [5.41, 5.74) is 0.538. The van der Waals surface area contributed by atoms with Crippen molar-refractivity contribution in [1.82, 2.24) is 9.97 Å². The highest BCUT2D eigenvalue weighted by atomic mass is 35.5. The fourth-order valence-corrected chi connectivity index (χ4v) is 4.38. The normalized spacial score (nSPS) is 11.0. The smallest absolute Gasteiger partial charge is 0.261 e. The molecule has 37 heavy (non-hydrogen) atoms. The Balaban J connectivity index is 1.74. The number of para-hydroxylation sites is 2. The molecule has 0 bridgehead atoms. The van der Waals surface area contributed by atoms with Crippen molar-refractivity contribution in [3.63, 3.8) is 0 Å². The van der Waals surface area contributed by atoms with Gasteiger partial charge in [0.25, 0.3) is 5.91 Å². The minimum Gasteiger partial charge on any atom is -0.497 e. The van der Waals surface area contributed by atoms with Crippen molar-refractivity contribution >= 4 is 56.2 Å². The zero-order chi connectivity index (χ0) is 26.6. The van der Waals surface area contributed by atoms with Gasteiger partial charge in [0.2, 0.25) is 5.95 Å². The number of hydrogen-bond donors (Lipinski definition) is 3. The predicted octanol–water partition coefficient (Wildman–Crippen LogP) is 5.42. The monoisotopic (exact) mass is 541 g/mol. The fourth-order valence-electron chi connectivity index (χ4n) is 3.33. The first-order chi connectivity index (χ1) is 17.7. The molecule has 0 spiro atoms. The molecule has 0 aliphatic heterocycles. The molecule has 0 atom stereocenters. The zero-order valence-corrected chi connectivity index (χ0v) is 21.2. The Kier molecular flexibility index (Phi) is 7.55. The van der Waals surface area contributed by atoms with Gasteiger partial charge in [-0.25, -0.2) is 17.8 Å². The van der Waals surface area contributed by atoms with Crippen LogP contribution >= 0.6 is 11.6 Å². The number of methoxy groups -OCH3 is 1. The van der Waals surface area contributed by atoms with E-state index in [4.69, 9.17) is 16.3 Å². The molecule has 0 fully saturated rings. The molecule has 3 aromatic carbocycles. The second kappa shape index (κ2) is 10.8. The molecule has 4 aromatic rings. The zero-order valence-electron chi connectivity index (χ0n) is 19.6. The summed E-state index contributed by atoms with van der Waals surface area (Å²) in [5.74, 6) is -0.735. The second-order valence-electron chi connectivity index (χ2n) is 7.75. The van der Waals surface area contributed by atoms with Crippen molar-refractivity contribution in [2.45, 2.75) is 4.90 Å². The van der Waals surface area contributed by atoms with Gasteiger partial charge >= 0.3 is 0 Å². The molecule has 9 nitrogen and oxygen atoms in total. The van der Waals surface area contributed by atoms with Crippen molar-refractivity contribution < 1.29 is 22.3 Å². The topological polar surface area (TPSA) is 122 Å². The largest absolute Gasteiger partial charge is 0.497 e. The average molecular weight is 542 g/mol. The van der Waals surface area contributed by atoms with Crippen molar-refractivity contribution in [3.8, 4) is 5.75 Å². The lowest BCUT2D eigenvalue weighted by atomic mass is 10.2. The van der Waals surface area contributed by atoms with Crippen LogP contribution in [0.2, 0.25) is 5.02 Å². The van der Waals surface area contributed by atoms with Gasteiger partial charge in [0.15, 0.2) is 9.84 Å². The van der Waals surface area contributed by atoms with Crippen molar-refractivity contribution in [2.24, 2.45) is 0 Å². The van der Waals surface area contributed by atoms with Gasteiger partial charge < -0.3 is 20.7 Å². The number of benzene rings is 3. The Hall–Kier alpha value is -4.22. The number of carbonyl (C=O) groups is 1. The summed E-state index contributed by atoms with van der Waals surface area (Å²) >= 11 is 6.05. The molecule has 190 valence electrons. The first kappa shape index (κ1) is 25.9. The van der Waals surface area contributed by atoms with Crippen LogP contribution in [-0.2, 0) is 9.84 Å². The molecule has 0 radical (unpaired) electrons. The number of nitrogens with one attached hydrogen (secondary N) is 3. The van der Waals surface area contributed by atoms with Gasteiger partial charge in [-0.1, -0.05) is 29.8 Å². The van der Waals surface area contributed by atoms with Gasteiger partial charge in [-0.15, -0.1) is 0 Å². The van der Waals surface area contributed by atoms with Crippen LogP contribution in [0.5, 0.6) is 5.75 Å². The van der Waals surface area contributed by atoms with Crippen molar-refractivity contribution in [2.75, 3.05) is 29.3 Å². The molecule has 0 aliphatic rings. The number of hydrogen-bond acceptors (Lipinski definition) is 8. The second-order valence-corrected chi connectivity index (χ2v) is 10.1. The van der Waals surface area contributed by atoms with Gasteiger partial charge in [-0.3, -0.25) is 4.79 Å². The van der Waals surface area contributed by atoms with Gasteiger partial charge in [0.05, 0.1) is 28.4 Å². The lowest BCUT2D eigenvalue weighted by Gasteiger charge is -2.15. The SMILES string of the molecule is COc1ccc(Nc2ncc(C(=O)Nc3c(F)cccc3Cl)c(Nc3ccccc3S(C)(=O)=O)n2)cc1. The van der Waals surface area contributed by atoms with E-state index in [-0.39, 0.29) is 38.6 Å². The lowest BCUT2D eigenvalue weighted by Crippen LogP contribution is -2.17. The van der Waals surface area contributed by atoms with E-state index >= 15 is 0 Å². The van der Waals surface area contributed by atoms with E-state index in [0.29, 0.717) is 11.4 Å². The van der Waals surface area contributed by atoms with Gasteiger partial charge in [0.1, 0.15) is 22.9 Å². The fraction of sp³-hybridized carbons (Fsp3) is 0.0800. The molecular weight excluding hydrogens is 521 g/mol. The summed E-state index contributed by atoms with van der Waals surface area (Å²) in [5, 5.41) is 8.35. The summed E-state index contributed by atoms with van der Waals surface area (Å²) < 4.78 is 44.1. The molecular formula is C25H21ClFN5O4S. The number of halogens is 2. The Morgan fingerprint density at radius 3 is 2.41 bits per heavy atom. The molecule has 4 rings (SSSR count). The molecule has 0 unspecified atom stereocenters. The third-order valence-corrected chi connectivity index (χ3v) is 6.59. The lowest BCUT2D eigenvalue weighted by molar-refractivity contribution is 0.102. The number of sulfone groups is 1. The van der Waals surface area contributed by atoms with E-state index in [9.17, 15) is 17.6 Å². The van der Waals surface area contributed by atoms with Crippen LogP contribution in [-0.4, -0.2) is 37.7 Å². The van der Waals surface area contributed by atoms with Gasteiger partial charge in [0, 0.05) is 18.1 Å². The summed E-state index contributed by atoms with van der Waals surface area (Å²) in [6, 6.07) is 17.1. The minimum absolute atomic E-state index is 0.00165. The number of nitrogens with zero attached hydrogens (tertiary/aromatic N) is 2. The molecule has 1 aromatic heterocycles. The van der Waals surface area contributed by atoms with Crippen LogP contribution in [0.15, 0.2) is 77.8 Å². The third-order valence-electron chi connectivity index (χ3n) is 5.12. The van der Waals surface area contributed by atoms with E-state index in [1.807, 2.05) is 0 Å². The predicted molar refractivity (Wildman–Crippen MR) is 141 cm³/mol. The summed E-state index contributed by atoms with van der Waals surface area (Å²) in [7, 11) is -2.06. The summed E-state index contributed by atoms with van der Waals surface area (Å²) in [6.45, 7) is 0. The quantitative estimate of drug-likeness (QED) is 0.270. The molecule has 0 aliphatic carbocycles. The third kappa shape index (κ3) is 6.13. The molecule has 0 saturated carbocycles. The molecule has 1 heterocycles. The van der Waals surface area contributed by atoms with Crippen LogP contribution in [0.25, 0.3) is 0 Å². The van der Waals surface area contributed by atoms with E-state index in [1.165, 1.54) is 30.5 Å². The molecule has 3 N–H and O–H groups in total. The Morgan fingerprint density at radius 2 is 1.73 bits per heavy atom. The Labute approximate surface area is 217 Å². The van der Waals surface area contributed by atoms with E-state index in [0.717, 1.165) is 12.3 Å². The minimum atomic E-state index is -3.61. The number of amides is 1. The number of rotatable bonds is 8. The number of aromatic nitrogens is 2. The van der Waals surface area contributed by atoms with Crippen LogP contribution < -0.4 is 20.7 Å². The number of ether oxygens (including phenoxy) is 1. The maximum Gasteiger partial charge on any atom is 0.261 e. The molecule has 12 heteroatoms. The average Bonchev–Trinajstić information content (AvgIpc) is 2.86. The summed E-state index contributed by atoms with van der Waals surface area (Å²) in [6.07, 6.45) is 2.30. The highest BCUT2D eigenvalue weighted by molar-refractivity contribution is 7.90. The van der Waals surface area contributed by atoms with E-state index < -0.39 is 21.6 Å². The molecule has 1 amide bonds. The van der Waals surface area contributed by atoms with Crippen LogP contribution in [0.1, 0.15) is 10.4 Å². The van der Waals surface area contributed by atoms with Gasteiger partial charge in [-0.2, -0.15) is 4.98 Å².